The van der Waals surface area contributed by atoms with Crippen molar-refractivity contribution in [2.45, 2.75) is 58.8 Å². The van der Waals surface area contributed by atoms with E-state index in [0.29, 0.717) is 90.2 Å². The number of pyridine rings is 2. The van der Waals surface area contributed by atoms with Crippen molar-refractivity contribution in [3.63, 3.8) is 0 Å². The number of rotatable bonds is 16. The molecule has 4 aromatic heterocycles. The summed E-state index contributed by atoms with van der Waals surface area (Å²) in [6.07, 6.45) is -2.74. The zero-order valence-electron chi connectivity index (χ0n) is 37.7. The van der Waals surface area contributed by atoms with E-state index in [9.17, 15) is 41.0 Å². The number of Topliss-reactive ketones (excluding diaryl/α,β-unsaturated/α-hetero) is 1. The highest BCUT2D eigenvalue weighted by atomic mass is 35.5. The Kier molecular flexibility index (Phi) is 15.6. The van der Waals surface area contributed by atoms with Crippen LogP contribution in [0.4, 0.5) is 37.7 Å². The number of anilines is 2. The third-order valence-corrected chi connectivity index (χ3v) is 11.2. The number of carboxylic acids is 1. The molecule has 3 N–H and O–H groups in total. The molecule has 0 radical (unpaired) electrons. The molecule has 0 aliphatic heterocycles. The molecular weight excluding hydrogens is 961 g/mol. The van der Waals surface area contributed by atoms with Crippen LogP contribution in [0.2, 0.25) is 10.0 Å². The Bertz CT molecular complexity index is 3190. The maximum Gasteiger partial charge on any atom is 0.390 e. The smallest absolute Gasteiger partial charge is 0.390 e. The van der Waals surface area contributed by atoms with Crippen molar-refractivity contribution in [2.24, 2.45) is 0 Å². The first kappa shape index (κ1) is 50.6. The van der Waals surface area contributed by atoms with E-state index in [1.165, 1.54) is 6.07 Å². The maximum absolute atomic E-state index is 12.8. The molecule has 0 atom stereocenters. The Morgan fingerprint density at radius 3 is 1.46 bits per heavy atom. The Hall–Kier alpha value is -7.24. The quantitative estimate of drug-likeness (QED) is 0.0639. The van der Waals surface area contributed by atoms with E-state index in [4.69, 9.17) is 32.7 Å². The number of ketones is 1. The summed E-state index contributed by atoms with van der Waals surface area (Å²) in [5, 5.41) is 15.9. The first-order chi connectivity index (χ1) is 33.2. The number of hydrogen-bond acceptors (Lipinski definition) is 8. The zero-order chi connectivity index (χ0) is 50.3. The number of aromatic carboxylic acids is 1. The van der Waals surface area contributed by atoms with E-state index < -0.39 is 31.2 Å². The molecule has 8 rings (SSSR count). The predicted octanol–water partition coefficient (Wildman–Crippen LogP) is 14.9. The van der Waals surface area contributed by atoms with Gasteiger partial charge in [-0.3, -0.25) is 13.6 Å². The van der Waals surface area contributed by atoms with Gasteiger partial charge in [0, 0.05) is 58.4 Å². The number of imidazole rings is 2. The molecule has 70 heavy (non-hydrogen) atoms. The van der Waals surface area contributed by atoms with Crippen LogP contribution in [0.5, 0.6) is 23.0 Å². The number of carboxylic acid groups (broad SMARTS) is 1. The van der Waals surface area contributed by atoms with Gasteiger partial charge in [-0.25, -0.2) is 14.8 Å². The van der Waals surface area contributed by atoms with Crippen LogP contribution in [0.1, 0.15) is 64.4 Å². The number of fused-ring (bicyclic) bond motifs is 2. The van der Waals surface area contributed by atoms with Gasteiger partial charge < -0.3 is 25.2 Å². The lowest BCUT2D eigenvalue weighted by Crippen LogP contribution is -2.15. The van der Waals surface area contributed by atoms with Gasteiger partial charge in [0.25, 0.3) is 0 Å². The summed E-state index contributed by atoms with van der Waals surface area (Å²) < 4.78 is 91.7. The maximum atomic E-state index is 12.8. The van der Waals surface area contributed by atoms with E-state index in [0.717, 1.165) is 17.5 Å². The van der Waals surface area contributed by atoms with Crippen LogP contribution < -0.4 is 20.1 Å². The number of aryl methyl sites for hydroxylation is 2. The molecule has 0 fully saturated rings. The van der Waals surface area contributed by atoms with Crippen molar-refractivity contribution < 1.29 is 50.5 Å². The van der Waals surface area contributed by atoms with Gasteiger partial charge in [-0.15, -0.1) is 0 Å². The van der Waals surface area contributed by atoms with E-state index in [1.807, 2.05) is 26.0 Å². The molecule has 0 saturated carbocycles. The summed E-state index contributed by atoms with van der Waals surface area (Å²) in [5.74, 6) is 0.742. The van der Waals surface area contributed by atoms with Crippen LogP contribution in [0.15, 0.2) is 122 Å². The normalized spacial score (nSPS) is 11.6. The standard InChI is InChI=1S/C27H25ClF3N3O2.C24H19ClF3N3O3/c1-3-5-25(35)22-9-8-18(12-17(22)2)24-15-33-26-23(32-11-10-27(29,30)31)14-21(16-34(24)26)36-20-7-4-6-19(28)13-20;1-14-9-15(5-6-19(14)23(32)33)21-12-30-22-20(29-8-7-24(26,27)28)11-18(13-31(21)22)34-17-4-2-3-16(25)10-17/h4,6-9,12-16,32H,3,5,10-11H2,1-2H3;2-6,9-13,29H,7-8H2,1H3,(H,32,33). The minimum absolute atomic E-state index is 0.0908. The van der Waals surface area contributed by atoms with Gasteiger partial charge in [-0.1, -0.05) is 60.5 Å². The average molecular weight is 1010 g/mol. The number of carbonyl (C=O) groups excluding carboxylic acids is 1. The molecule has 4 aromatic carbocycles. The molecular formula is C51H44Cl2F6N6O5. The van der Waals surface area contributed by atoms with Gasteiger partial charge in [0.15, 0.2) is 17.1 Å². The molecule has 8 aromatic rings. The fourth-order valence-electron chi connectivity index (χ4n) is 7.49. The Balaban J connectivity index is 0.000000207. The van der Waals surface area contributed by atoms with Crippen LogP contribution in [0.3, 0.4) is 0 Å². The van der Waals surface area contributed by atoms with Crippen LogP contribution in [0.25, 0.3) is 33.8 Å². The van der Waals surface area contributed by atoms with Gasteiger partial charge >= 0.3 is 18.3 Å². The van der Waals surface area contributed by atoms with Crippen molar-refractivity contribution in [3.8, 4) is 45.5 Å². The average Bonchev–Trinajstić information content (AvgIpc) is 3.91. The number of hydrogen-bond donors (Lipinski definition) is 3. The first-order valence-corrected chi connectivity index (χ1v) is 22.5. The van der Waals surface area contributed by atoms with Gasteiger partial charge in [0.2, 0.25) is 0 Å². The summed E-state index contributed by atoms with van der Waals surface area (Å²) in [4.78, 5) is 32.6. The molecule has 0 saturated heterocycles. The van der Waals surface area contributed by atoms with E-state index in [1.54, 1.807) is 119 Å². The predicted molar refractivity (Wildman–Crippen MR) is 258 cm³/mol. The van der Waals surface area contributed by atoms with Crippen LogP contribution in [-0.4, -0.2) is 61.1 Å². The molecule has 0 amide bonds. The zero-order valence-corrected chi connectivity index (χ0v) is 39.2. The second-order valence-electron chi connectivity index (χ2n) is 16.1. The van der Waals surface area contributed by atoms with Gasteiger partial charge in [0.05, 0.1) is 66.0 Å². The molecule has 4 heterocycles. The molecule has 19 heteroatoms. The molecule has 11 nitrogen and oxygen atoms in total. The summed E-state index contributed by atoms with van der Waals surface area (Å²) in [7, 11) is 0. The van der Waals surface area contributed by atoms with E-state index in [2.05, 4.69) is 20.6 Å². The number of aromatic nitrogens is 4. The molecule has 364 valence electrons. The summed E-state index contributed by atoms with van der Waals surface area (Å²) in [6, 6.07) is 27.2. The van der Waals surface area contributed by atoms with Gasteiger partial charge in [-0.05, 0) is 86.0 Å². The number of carbonyl (C=O) groups is 2. The van der Waals surface area contributed by atoms with Crippen LogP contribution in [-0.2, 0) is 0 Å². The first-order valence-electron chi connectivity index (χ1n) is 21.7. The molecule has 0 bridgehead atoms. The van der Waals surface area contributed by atoms with E-state index >= 15 is 0 Å². The van der Waals surface area contributed by atoms with Gasteiger partial charge in [0.1, 0.15) is 23.0 Å². The second kappa shape index (κ2) is 21.6. The number of nitrogens with zero attached hydrogens (tertiary/aromatic N) is 4. The van der Waals surface area contributed by atoms with E-state index in [-0.39, 0.29) is 24.4 Å². The summed E-state index contributed by atoms with van der Waals surface area (Å²) in [5.41, 5.74) is 6.70. The van der Waals surface area contributed by atoms with Crippen molar-refractivity contribution >= 4 is 57.6 Å². The lowest BCUT2D eigenvalue weighted by Gasteiger charge is -2.14. The third-order valence-electron chi connectivity index (χ3n) is 10.7. The number of ether oxygens (including phenoxy) is 2. The topological polar surface area (TPSA) is 131 Å². The molecule has 0 aliphatic carbocycles. The fourth-order valence-corrected chi connectivity index (χ4v) is 7.86. The second-order valence-corrected chi connectivity index (χ2v) is 17.0. The number of alkyl halides is 6. The minimum Gasteiger partial charge on any atom is -0.478 e. The molecule has 0 spiro atoms. The Labute approximate surface area is 407 Å². The summed E-state index contributed by atoms with van der Waals surface area (Å²) in [6.45, 7) is 4.88. The highest BCUT2D eigenvalue weighted by molar-refractivity contribution is 6.31. The number of benzene rings is 4. The SMILES string of the molecule is CCCC(=O)c1ccc(-c2cnc3c(NCCC(F)(F)F)cc(Oc4cccc(Cl)c4)cn23)cc1C.Cc1cc(-c2cnc3c(NCCC(F)(F)F)cc(Oc4cccc(Cl)c4)cn23)ccc1C(=O)O. The monoisotopic (exact) mass is 1000 g/mol. The van der Waals surface area contributed by atoms with Crippen molar-refractivity contribution in [1.82, 2.24) is 18.8 Å². The van der Waals surface area contributed by atoms with Crippen molar-refractivity contribution in [1.29, 1.82) is 0 Å². The minimum atomic E-state index is -4.30. The van der Waals surface area contributed by atoms with Crippen molar-refractivity contribution in [2.75, 3.05) is 23.7 Å². The molecule has 0 aliphatic rings. The molecule has 0 unspecified atom stereocenters. The lowest BCUT2D eigenvalue weighted by molar-refractivity contribution is -0.132. The number of nitrogens with one attached hydrogen (secondary N) is 2. The van der Waals surface area contributed by atoms with Crippen LogP contribution in [0, 0.1) is 13.8 Å². The largest absolute Gasteiger partial charge is 0.478 e. The van der Waals surface area contributed by atoms with Crippen molar-refractivity contribution in [3.05, 3.63) is 154 Å². The van der Waals surface area contributed by atoms with Crippen LogP contribution >= 0.6 is 23.2 Å². The fraction of sp³-hybridized carbons (Fsp3) is 0.216. The highest BCUT2D eigenvalue weighted by Gasteiger charge is 2.28. The Morgan fingerprint density at radius 2 is 1.07 bits per heavy atom. The highest BCUT2D eigenvalue weighted by Crippen LogP contribution is 2.35. The lowest BCUT2D eigenvalue weighted by atomic mass is 9.98. The Morgan fingerprint density at radius 1 is 0.629 bits per heavy atom. The van der Waals surface area contributed by atoms with Gasteiger partial charge in [-0.2, -0.15) is 26.3 Å². The number of halogens is 8. The third kappa shape index (κ3) is 12.9. The summed E-state index contributed by atoms with van der Waals surface area (Å²) >= 11 is 12.1.